The topological polar surface area (TPSA) is 16.4 Å². The molecular formula is C50H33NO. The Hall–Kier alpha value is -6.90. The lowest BCUT2D eigenvalue weighted by atomic mass is 9.94. The molecule has 10 aromatic rings. The van der Waals surface area contributed by atoms with Gasteiger partial charge in [-0.05, 0) is 92.5 Å². The van der Waals surface area contributed by atoms with Crippen LogP contribution in [0.5, 0.6) is 0 Å². The Morgan fingerprint density at radius 2 is 0.827 bits per heavy atom. The summed E-state index contributed by atoms with van der Waals surface area (Å²) in [6, 6.07) is 71.5. The van der Waals surface area contributed by atoms with Crippen LogP contribution in [0.2, 0.25) is 0 Å². The van der Waals surface area contributed by atoms with E-state index in [1.807, 2.05) is 0 Å². The smallest absolute Gasteiger partial charge is 0.143 e. The second-order valence-corrected chi connectivity index (χ2v) is 13.3. The van der Waals surface area contributed by atoms with Gasteiger partial charge in [-0.15, -0.1) is 0 Å². The molecule has 1 heterocycles. The summed E-state index contributed by atoms with van der Waals surface area (Å²) in [4.78, 5) is 2.32. The summed E-state index contributed by atoms with van der Waals surface area (Å²) >= 11 is 0. The molecule has 1 aromatic heterocycles. The number of rotatable bonds is 6. The van der Waals surface area contributed by atoms with Crippen LogP contribution < -0.4 is 4.90 Å². The predicted octanol–water partition coefficient (Wildman–Crippen LogP) is 14.4. The molecule has 2 nitrogen and oxygen atoms in total. The van der Waals surface area contributed by atoms with Gasteiger partial charge in [-0.25, -0.2) is 0 Å². The molecule has 244 valence electrons. The van der Waals surface area contributed by atoms with Crippen molar-refractivity contribution in [3.8, 4) is 33.4 Å². The Morgan fingerprint density at radius 1 is 0.288 bits per heavy atom. The molecule has 0 radical (unpaired) electrons. The van der Waals surface area contributed by atoms with Crippen molar-refractivity contribution in [2.45, 2.75) is 0 Å². The molecule has 0 saturated carbocycles. The van der Waals surface area contributed by atoms with E-state index in [0.717, 1.165) is 61.1 Å². The number of fused-ring (bicyclic) bond motifs is 6. The lowest BCUT2D eigenvalue weighted by Crippen LogP contribution is -2.09. The van der Waals surface area contributed by atoms with Crippen molar-refractivity contribution in [2.24, 2.45) is 0 Å². The van der Waals surface area contributed by atoms with Gasteiger partial charge in [0, 0.05) is 38.8 Å². The maximum atomic E-state index is 6.74. The van der Waals surface area contributed by atoms with E-state index in [1.54, 1.807) is 0 Å². The highest BCUT2D eigenvalue weighted by Gasteiger charge is 2.18. The first kappa shape index (κ1) is 30.0. The second kappa shape index (κ2) is 12.5. The van der Waals surface area contributed by atoms with Gasteiger partial charge in [0.1, 0.15) is 11.2 Å². The summed E-state index contributed by atoms with van der Waals surface area (Å²) in [6.07, 6.45) is 0. The Kier molecular flexibility index (Phi) is 7.18. The summed E-state index contributed by atoms with van der Waals surface area (Å²) in [5.41, 5.74) is 12.2. The van der Waals surface area contributed by atoms with E-state index in [0.29, 0.717) is 0 Å². The average molecular weight is 664 g/mol. The summed E-state index contributed by atoms with van der Waals surface area (Å²) in [6.45, 7) is 0. The summed E-state index contributed by atoms with van der Waals surface area (Å²) in [5, 5.41) is 7.05. The molecule has 0 aliphatic heterocycles. The minimum Gasteiger partial charge on any atom is -0.455 e. The van der Waals surface area contributed by atoms with E-state index in [2.05, 4.69) is 205 Å². The van der Waals surface area contributed by atoms with Crippen LogP contribution >= 0.6 is 0 Å². The summed E-state index contributed by atoms with van der Waals surface area (Å²) in [5.74, 6) is 0. The van der Waals surface area contributed by atoms with Crippen LogP contribution in [0.15, 0.2) is 205 Å². The molecule has 9 aromatic carbocycles. The van der Waals surface area contributed by atoms with E-state index >= 15 is 0 Å². The molecule has 0 N–H and O–H groups in total. The fourth-order valence-corrected chi connectivity index (χ4v) is 7.69. The number of para-hydroxylation sites is 2. The third kappa shape index (κ3) is 5.12. The molecule has 2 heteroatoms. The first-order valence-electron chi connectivity index (χ1n) is 17.8. The molecule has 52 heavy (non-hydrogen) atoms. The monoisotopic (exact) mass is 663 g/mol. The zero-order chi connectivity index (χ0) is 34.4. The number of hydrogen-bond acceptors (Lipinski definition) is 2. The molecule has 0 atom stereocenters. The van der Waals surface area contributed by atoms with E-state index in [1.165, 1.54) is 32.8 Å². The van der Waals surface area contributed by atoms with E-state index in [9.17, 15) is 0 Å². The number of anilines is 3. The van der Waals surface area contributed by atoms with Crippen LogP contribution in [-0.2, 0) is 0 Å². The van der Waals surface area contributed by atoms with Crippen LogP contribution in [0.25, 0.3) is 76.9 Å². The fourth-order valence-electron chi connectivity index (χ4n) is 7.69. The number of furan rings is 1. The van der Waals surface area contributed by atoms with Crippen molar-refractivity contribution in [2.75, 3.05) is 4.90 Å². The van der Waals surface area contributed by atoms with Gasteiger partial charge < -0.3 is 9.32 Å². The molecular weight excluding hydrogens is 631 g/mol. The molecule has 10 rings (SSSR count). The molecule has 0 spiro atoms. The molecule has 0 amide bonds. The molecule has 0 bridgehead atoms. The van der Waals surface area contributed by atoms with Gasteiger partial charge in [0.25, 0.3) is 0 Å². The van der Waals surface area contributed by atoms with E-state index in [4.69, 9.17) is 4.42 Å². The Morgan fingerprint density at radius 3 is 1.58 bits per heavy atom. The van der Waals surface area contributed by atoms with Crippen molar-refractivity contribution in [1.29, 1.82) is 0 Å². The Labute approximate surface area is 302 Å². The van der Waals surface area contributed by atoms with Gasteiger partial charge in [-0.2, -0.15) is 0 Å². The van der Waals surface area contributed by atoms with Crippen molar-refractivity contribution in [3.05, 3.63) is 200 Å². The standard InChI is InChI=1S/C50H33NO/c1-3-13-36(14-4-1)43-20-11-21-46-48-33-47(44-18-9-10-19-45(44)50(48)52-49(43)46)37-26-30-42(31-27-37)51(40-16-5-2-6-17-40)41-28-24-35(25-29-41)39-23-22-34-12-7-8-15-38(34)32-39/h1-33H. The first-order valence-corrected chi connectivity index (χ1v) is 17.8. The van der Waals surface area contributed by atoms with Gasteiger partial charge >= 0.3 is 0 Å². The maximum Gasteiger partial charge on any atom is 0.143 e. The zero-order valence-electron chi connectivity index (χ0n) is 28.4. The highest BCUT2D eigenvalue weighted by atomic mass is 16.3. The number of hydrogen-bond donors (Lipinski definition) is 0. The Bertz CT molecular complexity index is 2870. The van der Waals surface area contributed by atoms with Crippen molar-refractivity contribution < 1.29 is 4.42 Å². The van der Waals surface area contributed by atoms with Crippen LogP contribution in [0, 0.1) is 0 Å². The second-order valence-electron chi connectivity index (χ2n) is 13.3. The molecule has 0 fully saturated rings. The van der Waals surface area contributed by atoms with Gasteiger partial charge in [0.05, 0.1) is 0 Å². The average Bonchev–Trinajstić information content (AvgIpc) is 3.61. The quantitative estimate of drug-likeness (QED) is 0.176. The van der Waals surface area contributed by atoms with E-state index in [-0.39, 0.29) is 0 Å². The van der Waals surface area contributed by atoms with Crippen LogP contribution in [0.4, 0.5) is 17.1 Å². The SMILES string of the molecule is c1ccc(-c2cccc3c2oc2c4ccccc4c(-c4ccc(N(c5ccccc5)c5ccc(-c6ccc7ccccc7c6)cc5)cc4)cc32)cc1. The molecule has 0 aliphatic rings. The van der Waals surface area contributed by atoms with Gasteiger partial charge in [-0.3, -0.25) is 0 Å². The molecule has 0 aliphatic carbocycles. The van der Waals surface area contributed by atoms with Crippen molar-refractivity contribution in [3.63, 3.8) is 0 Å². The predicted molar refractivity (Wildman–Crippen MR) is 220 cm³/mol. The van der Waals surface area contributed by atoms with E-state index < -0.39 is 0 Å². The first-order chi connectivity index (χ1) is 25.8. The summed E-state index contributed by atoms with van der Waals surface area (Å²) in [7, 11) is 0. The van der Waals surface area contributed by atoms with Crippen LogP contribution in [-0.4, -0.2) is 0 Å². The number of nitrogens with zero attached hydrogens (tertiary/aromatic N) is 1. The van der Waals surface area contributed by atoms with Gasteiger partial charge in [0.2, 0.25) is 0 Å². The van der Waals surface area contributed by atoms with Crippen molar-refractivity contribution in [1.82, 2.24) is 0 Å². The number of benzene rings is 9. The summed E-state index contributed by atoms with van der Waals surface area (Å²) < 4.78 is 6.74. The third-order valence-electron chi connectivity index (χ3n) is 10.2. The largest absolute Gasteiger partial charge is 0.455 e. The van der Waals surface area contributed by atoms with Crippen LogP contribution in [0.1, 0.15) is 0 Å². The minimum absolute atomic E-state index is 0.923. The van der Waals surface area contributed by atoms with Gasteiger partial charge in [0.15, 0.2) is 0 Å². The minimum atomic E-state index is 0.923. The highest BCUT2D eigenvalue weighted by Crippen LogP contribution is 2.43. The lowest BCUT2D eigenvalue weighted by Gasteiger charge is -2.26. The normalized spacial score (nSPS) is 11.5. The van der Waals surface area contributed by atoms with Crippen LogP contribution in [0.3, 0.4) is 0 Å². The van der Waals surface area contributed by atoms with Crippen molar-refractivity contribution >= 4 is 60.5 Å². The van der Waals surface area contributed by atoms with Gasteiger partial charge in [-0.1, -0.05) is 152 Å². The molecule has 0 saturated heterocycles. The lowest BCUT2D eigenvalue weighted by molar-refractivity contribution is 0.674. The third-order valence-corrected chi connectivity index (χ3v) is 10.2. The maximum absolute atomic E-state index is 6.74. The Balaban J connectivity index is 1.06. The fraction of sp³-hybridized carbons (Fsp3) is 0. The molecule has 0 unspecified atom stereocenters. The zero-order valence-corrected chi connectivity index (χ0v) is 28.4. The highest BCUT2D eigenvalue weighted by molar-refractivity contribution is 6.20.